The van der Waals surface area contributed by atoms with Gasteiger partial charge in [-0.1, -0.05) is 6.07 Å². The van der Waals surface area contributed by atoms with E-state index in [1.54, 1.807) is 24.9 Å². The lowest BCUT2D eigenvalue weighted by Gasteiger charge is -2.09. The summed E-state index contributed by atoms with van der Waals surface area (Å²) in [4.78, 5) is 22.4. The van der Waals surface area contributed by atoms with Crippen molar-refractivity contribution in [2.45, 2.75) is 6.42 Å². The van der Waals surface area contributed by atoms with Crippen molar-refractivity contribution < 1.29 is 9.72 Å². The molecule has 1 aromatic rings. The third kappa shape index (κ3) is 4.13. The Morgan fingerprint density at radius 3 is 2.79 bits per heavy atom. The highest BCUT2D eigenvalue weighted by molar-refractivity contribution is 7.98. The maximum atomic E-state index is 12.0. The van der Waals surface area contributed by atoms with Gasteiger partial charge in [0.15, 0.2) is 0 Å². The molecule has 1 amide bonds. The summed E-state index contributed by atoms with van der Waals surface area (Å²) in [6.07, 6.45) is 2.87. The number of para-hydroxylation sites is 1. The molecule has 7 heteroatoms. The Bertz CT molecular complexity index is 466. The molecule has 0 unspecified atom stereocenters. The highest BCUT2D eigenvalue weighted by atomic mass is 32.2. The number of rotatable bonds is 7. The van der Waals surface area contributed by atoms with Crippen molar-refractivity contribution in [2.75, 3.05) is 30.9 Å². The van der Waals surface area contributed by atoms with Crippen molar-refractivity contribution in [1.82, 2.24) is 5.32 Å². The van der Waals surface area contributed by atoms with Crippen LogP contribution < -0.4 is 10.6 Å². The molecule has 0 bridgehead atoms. The molecule has 0 aliphatic carbocycles. The first kappa shape index (κ1) is 15.3. The van der Waals surface area contributed by atoms with E-state index in [1.165, 1.54) is 12.1 Å². The van der Waals surface area contributed by atoms with Crippen molar-refractivity contribution in [2.24, 2.45) is 0 Å². The Hall–Kier alpha value is -1.76. The molecule has 19 heavy (non-hydrogen) atoms. The molecule has 1 rings (SSSR count). The Balaban J connectivity index is 2.84. The van der Waals surface area contributed by atoms with E-state index in [9.17, 15) is 14.9 Å². The number of hydrogen-bond donors (Lipinski definition) is 2. The molecular formula is C12H17N3O3S. The fraction of sp³-hybridized carbons (Fsp3) is 0.417. The minimum atomic E-state index is -0.504. The van der Waals surface area contributed by atoms with Crippen LogP contribution in [0.4, 0.5) is 11.4 Å². The second kappa shape index (κ2) is 7.63. The van der Waals surface area contributed by atoms with Crippen LogP contribution >= 0.6 is 11.8 Å². The number of anilines is 1. The van der Waals surface area contributed by atoms with Gasteiger partial charge in [-0.05, 0) is 24.5 Å². The molecule has 104 valence electrons. The third-order valence-corrected chi connectivity index (χ3v) is 3.24. The number of amides is 1. The number of nitro groups is 1. The van der Waals surface area contributed by atoms with Crippen LogP contribution in [0.25, 0.3) is 0 Å². The number of nitro benzene ring substituents is 1. The van der Waals surface area contributed by atoms with Crippen LogP contribution in [0.2, 0.25) is 0 Å². The molecule has 0 spiro atoms. The monoisotopic (exact) mass is 283 g/mol. The van der Waals surface area contributed by atoms with E-state index in [-0.39, 0.29) is 17.3 Å². The number of thioether (sulfide) groups is 1. The predicted octanol–water partition coefficient (Wildman–Crippen LogP) is 2.12. The summed E-state index contributed by atoms with van der Waals surface area (Å²) in [6, 6.07) is 4.45. The topological polar surface area (TPSA) is 84.3 Å². The van der Waals surface area contributed by atoms with E-state index in [1.807, 2.05) is 6.26 Å². The van der Waals surface area contributed by atoms with Gasteiger partial charge in [0.2, 0.25) is 0 Å². The fourth-order valence-electron chi connectivity index (χ4n) is 1.66. The lowest BCUT2D eigenvalue weighted by atomic mass is 10.1. The number of nitrogens with one attached hydrogen (secondary N) is 2. The maximum Gasteiger partial charge on any atom is 0.293 e. The Morgan fingerprint density at radius 2 is 2.21 bits per heavy atom. The predicted molar refractivity (Wildman–Crippen MR) is 78.0 cm³/mol. The van der Waals surface area contributed by atoms with Crippen molar-refractivity contribution in [1.29, 1.82) is 0 Å². The van der Waals surface area contributed by atoms with Gasteiger partial charge in [-0.3, -0.25) is 14.9 Å². The zero-order valence-electron chi connectivity index (χ0n) is 10.9. The molecule has 0 heterocycles. The molecule has 0 aliphatic rings. The summed E-state index contributed by atoms with van der Waals surface area (Å²) in [5.74, 6) is 0.669. The van der Waals surface area contributed by atoms with Crippen molar-refractivity contribution in [3.8, 4) is 0 Å². The van der Waals surface area contributed by atoms with Crippen LogP contribution in [0, 0.1) is 10.1 Å². The Labute approximate surface area is 116 Å². The maximum absolute atomic E-state index is 12.0. The zero-order valence-corrected chi connectivity index (χ0v) is 11.8. The van der Waals surface area contributed by atoms with Gasteiger partial charge in [0.05, 0.1) is 10.5 Å². The van der Waals surface area contributed by atoms with Gasteiger partial charge < -0.3 is 10.6 Å². The van der Waals surface area contributed by atoms with Crippen LogP contribution in [-0.2, 0) is 0 Å². The van der Waals surface area contributed by atoms with E-state index in [4.69, 9.17) is 0 Å². The van der Waals surface area contributed by atoms with Crippen LogP contribution in [0.3, 0.4) is 0 Å². The first-order valence-corrected chi connectivity index (χ1v) is 7.23. The largest absolute Gasteiger partial charge is 0.382 e. The molecule has 1 aromatic carbocycles. The average molecular weight is 283 g/mol. The minimum Gasteiger partial charge on any atom is -0.382 e. The fourth-order valence-corrected chi connectivity index (χ4v) is 2.09. The van der Waals surface area contributed by atoms with Crippen LogP contribution in [0.15, 0.2) is 18.2 Å². The summed E-state index contributed by atoms with van der Waals surface area (Å²) in [5, 5.41) is 16.4. The summed E-state index contributed by atoms with van der Waals surface area (Å²) in [5.41, 5.74) is 0.440. The molecular weight excluding hydrogens is 266 g/mol. The minimum absolute atomic E-state index is 0.0979. The molecule has 6 nitrogen and oxygen atoms in total. The van der Waals surface area contributed by atoms with Crippen molar-refractivity contribution in [3.05, 3.63) is 33.9 Å². The smallest absolute Gasteiger partial charge is 0.293 e. The molecule has 2 N–H and O–H groups in total. The van der Waals surface area contributed by atoms with Gasteiger partial charge in [0.25, 0.3) is 11.6 Å². The zero-order chi connectivity index (χ0) is 14.3. The highest BCUT2D eigenvalue weighted by Crippen LogP contribution is 2.27. The molecule has 0 atom stereocenters. The summed E-state index contributed by atoms with van der Waals surface area (Å²) in [6.45, 7) is 0.561. The van der Waals surface area contributed by atoms with Crippen LogP contribution in [-0.4, -0.2) is 36.4 Å². The number of carbonyl (C=O) groups excluding carboxylic acids is 1. The first-order chi connectivity index (χ1) is 9.11. The molecule has 0 saturated heterocycles. The van der Waals surface area contributed by atoms with E-state index in [0.717, 1.165) is 12.2 Å². The van der Waals surface area contributed by atoms with Gasteiger partial charge in [0.1, 0.15) is 5.69 Å². The molecule has 0 aromatic heterocycles. The summed E-state index contributed by atoms with van der Waals surface area (Å²) in [7, 11) is 1.56. The normalized spacial score (nSPS) is 10.0. The van der Waals surface area contributed by atoms with Gasteiger partial charge in [-0.15, -0.1) is 0 Å². The van der Waals surface area contributed by atoms with Gasteiger partial charge in [0, 0.05) is 19.7 Å². The summed E-state index contributed by atoms with van der Waals surface area (Å²) < 4.78 is 0. The lowest BCUT2D eigenvalue weighted by molar-refractivity contribution is -0.384. The van der Waals surface area contributed by atoms with E-state index in [0.29, 0.717) is 12.1 Å². The average Bonchev–Trinajstić information content (AvgIpc) is 2.42. The molecule has 0 radical (unpaired) electrons. The van der Waals surface area contributed by atoms with Crippen LogP contribution in [0.5, 0.6) is 0 Å². The molecule has 0 fully saturated rings. The Morgan fingerprint density at radius 1 is 1.47 bits per heavy atom. The van der Waals surface area contributed by atoms with Gasteiger partial charge in [-0.25, -0.2) is 0 Å². The number of carbonyl (C=O) groups is 1. The number of nitrogens with zero attached hydrogens (tertiary/aromatic N) is 1. The van der Waals surface area contributed by atoms with E-state index >= 15 is 0 Å². The van der Waals surface area contributed by atoms with Crippen molar-refractivity contribution >= 4 is 29.0 Å². The standard InChI is InChI=1S/C12H17N3O3S/c1-13-11-9(5-3-6-10(11)15(17)18)12(16)14-7-4-8-19-2/h3,5-6,13H,4,7-8H2,1-2H3,(H,14,16). The highest BCUT2D eigenvalue weighted by Gasteiger charge is 2.20. The molecule has 0 saturated carbocycles. The van der Waals surface area contributed by atoms with Crippen molar-refractivity contribution in [3.63, 3.8) is 0 Å². The first-order valence-electron chi connectivity index (χ1n) is 5.84. The third-order valence-electron chi connectivity index (χ3n) is 2.54. The van der Waals surface area contributed by atoms with Gasteiger partial charge in [-0.2, -0.15) is 11.8 Å². The van der Waals surface area contributed by atoms with Gasteiger partial charge >= 0.3 is 0 Å². The molecule has 0 aliphatic heterocycles. The van der Waals surface area contributed by atoms with E-state index < -0.39 is 4.92 Å². The second-order valence-electron chi connectivity index (χ2n) is 3.81. The number of benzene rings is 1. The second-order valence-corrected chi connectivity index (χ2v) is 4.79. The van der Waals surface area contributed by atoms with Crippen LogP contribution in [0.1, 0.15) is 16.8 Å². The summed E-state index contributed by atoms with van der Waals surface area (Å²) >= 11 is 1.71. The quantitative estimate of drug-likeness (QED) is 0.455. The number of hydrogen-bond acceptors (Lipinski definition) is 5. The SMILES string of the molecule is CNc1c(C(=O)NCCCSC)cccc1[N+](=O)[O-]. The lowest BCUT2D eigenvalue weighted by Crippen LogP contribution is -2.25. The van der Waals surface area contributed by atoms with E-state index in [2.05, 4.69) is 10.6 Å². The Kier molecular flexibility index (Phi) is 6.14.